The fraction of sp³-hybridized carbons (Fsp3) is 0.333. The van der Waals surface area contributed by atoms with Gasteiger partial charge in [-0.2, -0.15) is 0 Å². The molecule has 4 unspecified atom stereocenters. The second-order valence-electron chi connectivity index (χ2n) is 9.84. The van der Waals surface area contributed by atoms with Crippen LogP contribution in [-0.2, 0) is 9.53 Å². The molecule has 0 radical (unpaired) electrons. The third-order valence-electron chi connectivity index (χ3n) is 7.39. The summed E-state index contributed by atoms with van der Waals surface area (Å²) < 4.78 is 10.5. The molecular weight excluding hydrogens is 466 g/mol. The SMILES string of the molecule is CCOC(=O)c1ccc(N2C(=O)C3NNC(c4ccc(OC)cc4)C3C2c2ccc(C(C)C)cc2)cc1. The zero-order chi connectivity index (χ0) is 26.1. The van der Waals surface area contributed by atoms with Crippen LogP contribution in [0.3, 0.4) is 0 Å². The standard InChI is InChI=1S/C30H33N3O4/c1-5-37-30(35)22-10-14-23(15-11-22)33-28(21-8-6-19(7-9-21)18(2)3)25-26(31-32-27(25)29(33)34)20-12-16-24(36-4)17-13-20/h6-18,25-28,31-32H,5H2,1-4H3. The van der Waals surface area contributed by atoms with Gasteiger partial charge in [0.2, 0.25) is 5.91 Å². The van der Waals surface area contributed by atoms with Crippen LogP contribution >= 0.6 is 0 Å². The molecule has 0 aliphatic carbocycles. The second-order valence-corrected chi connectivity index (χ2v) is 9.84. The number of nitrogens with zero attached hydrogens (tertiary/aromatic N) is 1. The fourth-order valence-corrected chi connectivity index (χ4v) is 5.44. The number of nitrogens with one attached hydrogen (secondary N) is 2. The number of hydrogen-bond donors (Lipinski definition) is 2. The number of anilines is 1. The van der Waals surface area contributed by atoms with Crippen molar-refractivity contribution in [2.45, 2.75) is 44.8 Å². The molecule has 2 saturated heterocycles. The predicted octanol–water partition coefficient (Wildman–Crippen LogP) is 4.92. The van der Waals surface area contributed by atoms with Crippen LogP contribution in [0, 0.1) is 5.92 Å². The molecule has 7 nitrogen and oxygen atoms in total. The van der Waals surface area contributed by atoms with Crippen LogP contribution in [0.2, 0.25) is 0 Å². The van der Waals surface area contributed by atoms with Gasteiger partial charge in [-0.3, -0.25) is 4.79 Å². The van der Waals surface area contributed by atoms with Crippen molar-refractivity contribution >= 4 is 17.6 Å². The summed E-state index contributed by atoms with van der Waals surface area (Å²) in [7, 11) is 1.65. The molecule has 37 heavy (non-hydrogen) atoms. The van der Waals surface area contributed by atoms with E-state index < -0.39 is 6.04 Å². The van der Waals surface area contributed by atoms with Crippen LogP contribution in [0.25, 0.3) is 0 Å². The summed E-state index contributed by atoms with van der Waals surface area (Å²) in [4.78, 5) is 27.9. The normalized spacial score (nSPS) is 22.8. The average Bonchev–Trinajstić information content (AvgIpc) is 3.48. The Morgan fingerprint density at radius 3 is 2.11 bits per heavy atom. The molecule has 2 N–H and O–H groups in total. The number of amides is 1. The predicted molar refractivity (Wildman–Crippen MR) is 142 cm³/mol. The van der Waals surface area contributed by atoms with Crippen molar-refractivity contribution in [2.24, 2.45) is 5.92 Å². The first kappa shape index (κ1) is 25.0. The van der Waals surface area contributed by atoms with E-state index >= 15 is 0 Å². The minimum Gasteiger partial charge on any atom is -0.497 e. The lowest BCUT2D eigenvalue weighted by atomic mass is 9.83. The molecule has 2 aliphatic rings. The van der Waals surface area contributed by atoms with Gasteiger partial charge in [0.1, 0.15) is 11.8 Å². The van der Waals surface area contributed by atoms with Crippen molar-refractivity contribution < 1.29 is 19.1 Å². The Kier molecular flexibility index (Phi) is 7.00. The van der Waals surface area contributed by atoms with Gasteiger partial charge in [-0.15, -0.1) is 0 Å². The van der Waals surface area contributed by atoms with E-state index in [1.54, 1.807) is 26.2 Å². The van der Waals surface area contributed by atoms with E-state index in [0.29, 0.717) is 18.1 Å². The summed E-state index contributed by atoms with van der Waals surface area (Å²) in [5, 5.41) is 0. The quantitative estimate of drug-likeness (QED) is 0.450. The highest BCUT2D eigenvalue weighted by Gasteiger charge is 2.56. The van der Waals surface area contributed by atoms with Crippen LogP contribution in [0.15, 0.2) is 72.8 Å². The third kappa shape index (κ3) is 4.61. The zero-order valence-corrected chi connectivity index (χ0v) is 21.6. The minimum absolute atomic E-state index is 0.00432. The lowest BCUT2D eigenvalue weighted by molar-refractivity contribution is -0.119. The molecule has 0 spiro atoms. The number of hydrazine groups is 1. The number of ether oxygens (including phenoxy) is 2. The molecule has 2 heterocycles. The Hall–Kier alpha value is -3.68. The second kappa shape index (κ2) is 10.4. The highest BCUT2D eigenvalue weighted by Crippen LogP contribution is 2.49. The first-order valence-corrected chi connectivity index (χ1v) is 12.8. The Labute approximate surface area is 217 Å². The summed E-state index contributed by atoms with van der Waals surface area (Å²) in [5.74, 6) is 0.772. The number of rotatable bonds is 7. The highest BCUT2D eigenvalue weighted by atomic mass is 16.5. The maximum absolute atomic E-state index is 13.9. The molecule has 0 saturated carbocycles. The number of benzene rings is 3. The smallest absolute Gasteiger partial charge is 0.338 e. The average molecular weight is 500 g/mol. The van der Waals surface area contributed by atoms with Gasteiger partial charge >= 0.3 is 5.97 Å². The van der Waals surface area contributed by atoms with E-state index in [4.69, 9.17) is 9.47 Å². The number of fused-ring (bicyclic) bond motifs is 1. The van der Waals surface area contributed by atoms with Crippen molar-refractivity contribution in [3.05, 3.63) is 95.1 Å². The number of hydrogen-bond acceptors (Lipinski definition) is 6. The van der Waals surface area contributed by atoms with Crippen LogP contribution in [-0.4, -0.2) is 31.6 Å². The largest absolute Gasteiger partial charge is 0.497 e. The molecule has 0 bridgehead atoms. The van der Waals surface area contributed by atoms with Crippen molar-refractivity contribution in [2.75, 3.05) is 18.6 Å². The Morgan fingerprint density at radius 2 is 1.51 bits per heavy atom. The number of carbonyl (C=O) groups is 2. The molecule has 2 fully saturated rings. The van der Waals surface area contributed by atoms with Crippen molar-refractivity contribution in [1.29, 1.82) is 0 Å². The topological polar surface area (TPSA) is 79.9 Å². The molecule has 7 heteroatoms. The summed E-state index contributed by atoms with van der Waals surface area (Å²) in [5.41, 5.74) is 11.3. The van der Waals surface area contributed by atoms with Crippen LogP contribution in [0.5, 0.6) is 5.75 Å². The van der Waals surface area contributed by atoms with Crippen molar-refractivity contribution in [3.8, 4) is 5.75 Å². The van der Waals surface area contributed by atoms with Gasteiger partial charge in [0.25, 0.3) is 0 Å². The van der Waals surface area contributed by atoms with Crippen LogP contribution in [0.4, 0.5) is 5.69 Å². The first-order chi connectivity index (χ1) is 17.9. The molecule has 1 amide bonds. The summed E-state index contributed by atoms with van der Waals surface area (Å²) in [6.07, 6.45) is 0. The van der Waals surface area contributed by atoms with E-state index in [1.165, 1.54) is 5.56 Å². The van der Waals surface area contributed by atoms with Crippen molar-refractivity contribution in [3.63, 3.8) is 0 Å². The zero-order valence-electron chi connectivity index (χ0n) is 21.6. The van der Waals surface area contributed by atoms with E-state index in [0.717, 1.165) is 22.6 Å². The number of carbonyl (C=O) groups excluding carboxylic acids is 2. The summed E-state index contributed by atoms with van der Waals surface area (Å²) in [6, 6.07) is 23.0. The van der Waals surface area contributed by atoms with Gasteiger partial charge in [-0.1, -0.05) is 50.2 Å². The van der Waals surface area contributed by atoms with Crippen LogP contribution < -0.4 is 20.5 Å². The van der Waals surface area contributed by atoms with Gasteiger partial charge in [-0.05, 0) is 65.9 Å². The first-order valence-electron chi connectivity index (χ1n) is 12.8. The van der Waals surface area contributed by atoms with E-state index in [9.17, 15) is 9.59 Å². The molecular formula is C30H33N3O4. The van der Waals surface area contributed by atoms with E-state index in [1.807, 2.05) is 41.3 Å². The van der Waals surface area contributed by atoms with Gasteiger partial charge < -0.3 is 14.4 Å². The van der Waals surface area contributed by atoms with Gasteiger partial charge in [-0.25, -0.2) is 15.6 Å². The third-order valence-corrected chi connectivity index (χ3v) is 7.39. The minimum atomic E-state index is -0.397. The molecule has 3 aromatic rings. The van der Waals surface area contributed by atoms with Gasteiger partial charge in [0, 0.05) is 11.6 Å². The highest BCUT2D eigenvalue weighted by molar-refractivity contribution is 6.02. The fourth-order valence-electron chi connectivity index (χ4n) is 5.44. The lowest BCUT2D eigenvalue weighted by Crippen LogP contribution is -2.41. The monoisotopic (exact) mass is 499 g/mol. The molecule has 192 valence electrons. The van der Waals surface area contributed by atoms with E-state index in [-0.39, 0.29) is 29.9 Å². The Balaban J connectivity index is 1.55. The molecule has 4 atom stereocenters. The maximum atomic E-state index is 13.9. The van der Waals surface area contributed by atoms with Gasteiger partial charge in [0.15, 0.2) is 0 Å². The number of esters is 1. The Morgan fingerprint density at radius 1 is 0.892 bits per heavy atom. The Bertz CT molecular complexity index is 1260. The molecule has 0 aromatic heterocycles. The summed E-state index contributed by atoms with van der Waals surface area (Å²) >= 11 is 0. The van der Waals surface area contributed by atoms with Crippen molar-refractivity contribution in [1.82, 2.24) is 10.9 Å². The summed E-state index contributed by atoms with van der Waals surface area (Å²) in [6.45, 7) is 6.44. The molecule has 2 aliphatic heterocycles. The number of methoxy groups -OCH3 is 1. The molecule has 3 aromatic carbocycles. The van der Waals surface area contributed by atoms with Gasteiger partial charge in [0.05, 0.1) is 31.4 Å². The van der Waals surface area contributed by atoms with Crippen LogP contribution in [0.1, 0.15) is 65.8 Å². The lowest BCUT2D eigenvalue weighted by Gasteiger charge is -2.31. The molecule has 5 rings (SSSR count). The van der Waals surface area contributed by atoms with E-state index in [2.05, 4.69) is 49.0 Å². The maximum Gasteiger partial charge on any atom is 0.338 e.